The minimum atomic E-state index is -0.793. The lowest BCUT2D eigenvalue weighted by molar-refractivity contribution is -0.150. The van der Waals surface area contributed by atoms with Crippen molar-refractivity contribution in [2.75, 3.05) is 6.54 Å². The number of nitrogens with zero attached hydrogens (tertiary/aromatic N) is 1. The van der Waals surface area contributed by atoms with Crippen LogP contribution in [0.1, 0.15) is 40.5 Å². The molecule has 1 saturated heterocycles. The Morgan fingerprint density at radius 3 is 2.50 bits per heavy atom. The topological polar surface area (TPSA) is 57.6 Å². The Kier molecular flexibility index (Phi) is 3.61. The fraction of sp³-hybridized carbons (Fsp3) is 0.833. The molecule has 4 heteroatoms. The van der Waals surface area contributed by atoms with Crippen LogP contribution in [0.2, 0.25) is 0 Å². The molecule has 0 bridgehead atoms. The summed E-state index contributed by atoms with van der Waals surface area (Å²) in [6.45, 7) is 8.54. The summed E-state index contributed by atoms with van der Waals surface area (Å²) >= 11 is 0. The van der Waals surface area contributed by atoms with Gasteiger partial charge in [0.05, 0.1) is 5.92 Å². The molecule has 2 atom stereocenters. The van der Waals surface area contributed by atoms with Crippen molar-refractivity contribution in [1.29, 1.82) is 0 Å². The van der Waals surface area contributed by atoms with Crippen LogP contribution in [0.15, 0.2) is 0 Å². The third-order valence-corrected chi connectivity index (χ3v) is 3.51. The van der Waals surface area contributed by atoms with Crippen LogP contribution < -0.4 is 0 Å². The van der Waals surface area contributed by atoms with E-state index in [4.69, 9.17) is 5.11 Å². The van der Waals surface area contributed by atoms with E-state index in [1.165, 1.54) is 0 Å². The van der Waals surface area contributed by atoms with Crippen molar-refractivity contribution in [3.8, 4) is 0 Å². The highest BCUT2D eigenvalue weighted by atomic mass is 16.4. The second-order valence-electron chi connectivity index (χ2n) is 5.66. The number of aliphatic carboxylic acids is 1. The van der Waals surface area contributed by atoms with E-state index in [-0.39, 0.29) is 17.4 Å². The highest BCUT2D eigenvalue weighted by Gasteiger charge is 2.36. The Bertz CT molecular complexity index is 293. The van der Waals surface area contributed by atoms with E-state index >= 15 is 0 Å². The van der Waals surface area contributed by atoms with E-state index in [0.717, 1.165) is 0 Å². The van der Waals surface area contributed by atoms with E-state index in [1.807, 2.05) is 6.92 Å². The van der Waals surface area contributed by atoms with Crippen molar-refractivity contribution in [2.45, 2.75) is 46.6 Å². The Balaban J connectivity index is 2.77. The first-order chi connectivity index (χ1) is 7.23. The quantitative estimate of drug-likeness (QED) is 0.781. The van der Waals surface area contributed by atoms with Crippen molar-refractivity contribution in [3.05, 3.63) is 0 Å². The number of hydrogen-bond acceptors (Lipinski definition) is 2. The molecule has 1 amide bonds. The maximum absolute atomic E-state index is 11.8. The Hall–Kier alpha value is -1.06. The van der Waals surface area contributed by atoms with Crippen LogP contribution in [0.25, 0.3) is 0 Å². The fourth-order valence-corrected chi connectivity index (χ4v) is 1.92. The van der Waals surface area contributed by atoms with Crippen LogP contribution >= 0.6 is 0 Å². The molecule has 0 aromatic carbocycles. The Labute approximate surface area is 96.6 Å². The lowest BCUT2D eigenvalue weighted by atomic mass is 9.84. The maximum Gasteiger partial charge on any atom is 0.308 e. The number of likely N-dealkylation sites (tertiary alicyclic amines) is 1. The van der Waals surface area contributed by atoms with Gasteiger partial charge in [-0.3, -0.25) is 9.59 Å². The minimum absolute atomic E-state index is 0.0178. The van der Waals surface area contributed by atoms with Gasteiger partial charge >= 0.3 is 5.97 Å². The molecule has 0 aromatic rings. The highest BCUT2D eigenvalue weighted by molar-refractivity contribution is 5.80. The normalized spacial score (nSPS) is 24.4. The number of amides is 1. The molecule has 1 fully saturated rings. The minimum Gasteiger partial charge on any atom is -0.481 e. The average molecular weight is 227 g/mol. The number of carbonyl (C=O) groups excluding carboxylic acids is 1. The summed E-state index contributed by atoms with van der Waals surface area (Å²) in [4.78, 5) is 24.4. The molecule has 0 aromatic heterocycles. The summed E-state index contributed by atoms with van der Waals surface area (Å²) in [5, 5.41) is 8.99. The van der Waals surface area contributed by atoms with Gasteiger partial charge in [-0.1, -0.05) is 20.8 Å². The number of carboxylic acid groups (broad SMARTS) is 1. The molecule has 0 radical (unpaired) electrons. The number of rotatable bonds is 2. The van der Waals surface area contributed by atoms with Crippen LogP contribution in [0, 0.1) is 11.3 Å². The van der Waals surface area contributed by atoms with Gasteiger partial charge in [0.2, 0.25) is 5.91 Å². The SMILES string of the molecule is CC(N1CC(C(=O)O)CCC1=O)C(C)(C)C. The standard InChI is InChI=1S/C12H21NO3/c1-8(12(2,3)4)13-7-9(11(15)16)5-6-10(13)14/h8-9H,5-7H2,1-4H3,(H,15,16). The summed E-state index contributed by atoms with van der Waals surface area (Å²) < 4.78 is 0. The van der Waals surface area contributed by atoms with Crippen LogP contribution in [0.4, 0.5) is 0 Å². The van der Waals surface area contributed by atoms with Crippen molar-refractivity contribution in [3.63, 3.8) is 0 Å². The fourth-order valence-electron chi connectivity index (χ4n) is 1.92. The summed E-state index contributed by atoms with van der Waals surface area (Å²) in [5.41, 5.74) is -0.0178. The molecule has 1 rings (SSSR count). The van der Waals surface area contributed by atoms with Crippen LogP contribution in [-0.4, -0.2) is 34.5 Å². The molecule has 92 valence electrons. The van der Waals surface area contributed by atoms with Crippen molar-refractivity contribution >= 4 is 11.9 Å². The predicted molar refractivity (Wildman–Crippen MR) is 61.0 cm³/mol. The van der Waals surface area contributed by atoms with Gasteiger partial charge in [-0.05, 0) is 18.8 Å². The van der Waals surface area contributed by atoms with Crippen LogP contribution in [0.5, 0.6) is 0 Å². The smallest absolute Gasteiger partial charge is 0.308 e. The molecule has 0 aliphatic carbocycles. The van der Waals surface area contributed by atoms with E-state index in [1.54, 1.807) is 4.90 Å². The molecule has 16 heavy (non-hydrogen) atoms. The van der Waals surface area contributed by atoms with E-state index in [9.17, 15) is 9.59 Å². The number of hydrogen-bond donors (Lipinski definition) is 1. The van der Waals surface area contributed by atoms with Gasteiger partial charge < -0.3 is 10.0 Å². The second kappa shape index (κ2) is 4.44. The van der Waals surface area contributed by atoms with Crippen LogP contribution in [-0.2, 0) is 9.59 Å². The van der Waals surface area contributed by atoms with Gasteiger partial charge in [0, 0.05) is 19.0 Å². The van der Waals surface area contributed by atoms with Gasteiger partial charge in [0.25, 0.3) is 0 Å². The molecule has 2 unspecified atom stereocenters. The zero-order valence-electron chi connectivity index (χ0n) is 10.5. The second-order valence-corrected chi connectivity index (χ2v) is 5.66. The molecule has 1 N–H and O–H groups in total. The summed E-state index contributed by atoms with van der Waals surface area (Å²) in [5.74, 6) is -1.11. The third kappa shape index (κ3) is 2.74. The maximum atomic E-state index is 11.8. The van der Waals surface area contributed by atoms with Gasteiger partial charge in [-0.25, -0.2) is 0 Å². The Morgan fingerprint density at radius 2 is 2.06 bits per heavy atom. The molecule has 4 nitrogen and oxygen atoms in total. The first-order valence-corrected chi connectivity index (χ1v) is 5.75. The number of carboxylic acids is 1. The van der Waals surface area contributed by atoms with Gasteiger partial charge in [0.1, 0.15) is 0 Å². The zero-order valence-corrected chi connectivity index (χ0v) is 10.5. The van der Waals surface area contributed by atoms with Crippen LogP contribution in [0.3, 0.4) is 0 Å². The summed E-state index contributed by atoms with van der Waals surface area (Å²) in [6.07, 6.45) is 0.832. The largest absolute Gasteiger partial charge is 0.481 e. The molecule has 1 heterocycles. The monoisotopic (exact) mass is 227 g/mol. The first kappa shape index (κ1) is 13.0. The molecular weight excluding hydrogens is 206 g/mol. The number of carbonyl (C=O) groups is 2. The summed E-state index contributed by atoms with van der Waals surface area (Å²) in [6, 6.07) is 0.0714. The summed E-state index contributed by atoms with van der Waals surface area (Å²) in [7, 11) is 0. The van der Waals surface area contributed by atoms with E-state index < -0.39 is 11.9 Å². The highest BCUT2D eigenvalue weighted by Crippen LogP contribution is 2.28. The van der Waals surface area contributed by atoms with Crippen molar-refractivity contribution in [1.82, 2.24) is 4.90 Å². The molecular formula is C12H21NO3. The average Bonchev–Trinajstić information content (AvgIpc) is 2.15. The number of piperidine rings is 1. The van der Waals surface area contributed by atoms with Crippen molar-refractivity contribution < 1.29 is 14.7 Å². The van der Waals surface area contributed by atoms with E-state index in [2.05, 4.69) is 20.8 Å². The zero-order chi connectivity index (χ0) is 12.5. The Morgan fingerprint density at radius 1 is 1.50 bits per heavy atom. The molecule has 1 aliphatic rings. The molecule has 0 saturated carbocycles. The van der Waals surface area contributed by atoms with Gasteiger partial charge in [-0.15, -0.1) is 0 Å². The predicted octanol–water partition coefficient (Wildman–Crippen LogP) is 1.74. The van der Waals surface area contributed by atoms with Crippen molar-refractivity contribution in [2.24, 2.45) is 11.3 Å². The first-order valence-electron chi connectivity index (χ1n) is 5.75. The molecule has 1 aliphatic heterocycles. The van der Waals surface area contributed by atoms with Gasteiger partial charge in [0.15, 0.2) is 0 Å². The lowest BCUT2D eigenvalue weighted by Gasteiger charge is -2.41. The lowest BCUT2D eigenvalue weighted by Crippen LogP contribution is -2.51. The van der Waals surface area contributed by atoms with E-state index in [0.29, 0.717) is 19.4 Å². The van der Waals surface area contributed by atoms with Gasteiger partial charge in [-0.2, -0.15) is 0 Å². The third-order valence-electron chi connectivity index (χ3n) is 3.51. The molecule has 0 spiro atoms.